The van der Waals surface area contributed by atoms with Crippen LogP contribution in [0.5, 0.6) is 0 Å². The van der Waals surface area contributed by atoms with Gasteiger partial charge in [0.25, 0.3) is 0 Å². The number of nitrogens with zero attached hydrogens (tertiary/aromatic N) is 3. The molecule has 0 aliphatic rings. The van der Waals surface area contributed by atoms with Crippen LogP contribution in [0.2, 0.25) is 0 Å². The maximum Gasteiger partial charge on any atom is 0.309 e. The smallest absolute Gasteiger partial charge is 0.309 e. The molecule has 7 nitrogen and oxygen atoms in total. The van der Waals surface area contributed by atoms with E-state index in [0.29, 0.717) is 12.2 Å². The highest BCUT2D eigenvalue weighted by Crippen LogP contribution is 2.16. The summed E-state index contributed by atoms with van der Waals surface area (Å²) in [5.74, 6) is -0.0677. The number of hydrogen-bond acceptors (Lipinski definition) is 4. The lowest BCUT2D eigenvalue weighted by molar-refractivity contribution is -0.385. The van der Waals surface area contributed by atoms with Crippen molar-refractivity contribution in [3.63, 3.8) is 0 Å². The molecule has 0 saturated heterocycles. The number of nitrogens with one attached hydrogen (secondary N) is 1. The summed E-state index contributed by atoms with van der Waals surface area (Å²) in [6.45, 7) is 5.90. The predicted molar refractivity (Wildman–Crippen MR) is 66.1 cm³/mol. The first kappa shape index (κ1) is 14.1. The van der Waals surface area contributed by atoms with E-state index >= 15 is 0 Å². The Balaban J connectivity index is 2.54. The average Bonchev–Trinajstić information content (AvgIpc) is 2.68. The summed E-state index contributed by atoms with van der Waals surface area (Å²) in [4.78, 5) is 21.7. The molecule has 0 bridgehead atoms. The summed E-state index contributed by atoms with van der Waals surface area (Å²) >= 11 is 0. The van der Waals surface area contributed by atoms with Crippen molar-refractivity contribution < 1.29 is 9.72 Å². The summed E-state index contributed by atoms with van der Waals surface area (Å²) in [6, 6.07) is 0.144. The number of aryl methyl sites for hydroxylation is 1. The van der Waals surface area contributed by atoms with E-state index in [1.54, 1.807) is 6.92 Å². The first-order valence-corrected chi connectivity index (χ1v) is 5.91. The summed E-state index contributed by atoms with van der Waals surface area (Å²) in [7, 11) is 0. The maximum absolute atomic E-state index is 11.6. The molecule has 0 saturated carbocycles. The summed E-state index contributed by atoms with van der Waals surface area (Å²) in [5.41, 5.74) is 0.452. The second-order valence-corrected chi connectivity index (χ2v) is 4.22. The molecule has 1 heterocycles. The summed E-state index contributed by atoms with van der Waals surface area (Å²) < 4.78 is 1.48. The quantitative estimate of drug-likeness (QED) is 0.613. The lowest BCUT2D eigenvalue weighted by Crippen LogP contribution is -2.32. The minimum Gasteiger partial charge on any atom is -0.354 e. The van der Waals surface area contributed by atoms with Gasteiger partial charge in [-0.25, -0.2) is 0 Å². The number of rotatable bonds is 6. The zero-order chi connectivity index (χ0) is 13.7. The Morgan fingerprint density at radius 2 is 2.33 bits per heavy atom. The van der Waals surface area contributed by atoms with Crippen molar-refractivity contribution in [3.05, 3.63) is 22.0 Å². The Labute approximate surface area is 105 Å². The number of carbonyl (C=O) groups is 1. The van der Waals surface area contributed by atoms with Crippen molar-refractivity contribution in [2.75, 3.05) is 0 Å². The van der Waals surface area contributed by atoms with Gasteiger partial charge in [0, 0.05) is 12.5 Å². The fraction of sp³-hybridized carbons (Fsp3) is 0.636. The molecule has 1 atom stereocenters. The van der Waals surface area contributed by atoms with Crippen LogP contribution in [0.25, 0.3) is 0 Å². The third kappa shape index (κ3) is 3.54. The van der Waals surface area contributed by atoms with E-state index in [2.05, 4.69) is 10.4 Å². The SMILES string of the molecule is CCC(C)NC(=O)CCn1ncc([N+](=O)[O-])c1C. The predicted octanol–water partition coefficient (Wildman–Crippen LogP) is 1.40. The van der Waals surface area contributed by atoms with Crippen LogP contribution in [0, 0.1) is 17.0 Å². The minimum absolute atomic E-state index is 0.0164. The van der Waals surface area contributed by atoms with Gasteiger partial charge in [-0.3, -0.25) is 19.6 Å². The molecule has 1 aromatic rings. The third-order valence-corrected chi connectivity index (χ3v) is 2.84. The van der Waals surface area contributed by atoms with E-state index in [4.69, 9.17) is 0 Å². The first-order valence-electron chi connectivity index (χ1n) is 5.91. The fourth-order valence-corrected chi connectivity index (χ4v) is 1.50. The van der Waals surface area contributed by atoms with E-state index in [9.17, 15) is 14.9 Å². The van der Waals surface area contributed by atoms with Crippen LogP contribution in [0.1, 0.15) is 32.4 Å². The number of amides is 1. The van der Waals surface area contributed by atoms with Crippen molar-refractivity contribution in [3.8, 4) is 0 Å². The molecule has 0 aliphatic carbocycles. The molecule has 0 fully saturated rings. The highest BCUT2D eigenvalue weighted by molar-refractivity contribution is 5.76. The monoisotopic (exact) mass is 254 g/mol. The van der Waals surface area contributed by atoms with Crippen LogP contribution in [-0.4, -0.2) is 26.7 Å². The van der Waals surface area contributed by atoms with E-state index in [0.717, 1.165) is 6.42 Å². The van der Waals surface area contributed by atoms with Crippen LogP contribution in [-0.2, 0) is 11.3 Å². The topological polar surface area (TPSA) is 90.1 Å². The van der Waals surface area contributed by atoms with Gasteiger partial charge in [0.1, 0.15) is 11.9 Å². The maximum atomic E-state index is 11.6. The van der Waals surface area contributed by atoms with Gasteiger partial charge < -0.3 is 5.32 Å². The Kier molecular flexibility index (Phi) is 4.82. The number of nitro groups is 1. The van der Waals surface area contributed by atoms with E-state index in [1.165, 1.54) is 10.9 Å². The van der Waals surface area contributed by atoms with Gasteiger partial charge >= 0.3 is 5.69 Å². The van der Waals surface area contributed by atoms with Gasteiger partial charge in [0.05, 0.1) is 11.5 Å². The molecular formula is C11H18N4O3. The second kappa shape index (κ2) is 6.13. The molecule has 100 valence electrons. The van der Waals surface area contributed by atoms with Gasteiger partial charge in [0.2, 0.25) is 5.91 Å². The zero-order valence-corrected chi connectivity index (χ0v) is 10.8. The molecule has 1 rings (SSSR count). The van der Waals surface area contributed by atoms with Gasteiger partial charge in [-0.2, -0.15) is 5.10 Å². The third-order valence-electron chi connectivity index (χ3n) is 2.84. The van der Waals surface area contributed by atoms with E-state index < -0.39 is 4.92 Å². The van der Waals surface area contributed by atoms with Crippen molar-refractivity contribution in [1.29, 1.82) is 0 Å². The van der Waals surface area contributed by atoms with Gasteiger partial charge in [-0.15, -0.1) is 0 Å². The van der Waals surface area contributed by atoms with E-state index in [-0.39, 0.29) is 24.1 Å². The molecule has 0 spiro atoms. The van der Waals surface area contributed by atoms with Crippen LogP contribution >= 0.6 is 0 Å². The molecule has 1 amide bonds. The van der Waals surface area contributed by atoms with Crippen molar-refractivity contribution in [2.24, 2.45) is 0 Å². The second-order valence-electron chi connectivity index (χ2n) is 4.22. The lowest BCUT2D eigenvalue weighted by Gasteiger charge is -2.11. The molecule has 0 aromatic carbocycles. The first-order chi connectivity index (χ1) is 8.45. The Morgan fingerprint density at radius 1 is 1.67 bits per heavy atom. The Hall–Kier alpha value is -1.92. The molecular weight excluding hydrogens is 236 g/mol. The Morgan fingerprint density at radius 3 is 2.83 bits per heavy atom. The molecule has 18 heavy (non-hydrogen) atoms. The molecule has 0 radical (unpaired) electrons. The van der Waals surface area contributed by atoms with Crippen molar-refractivity contribution in [1.82, 2.24) is 15.1 Å². The van der Waals surface area contributed by atoms with Gasteiger partial charge in [-0.05, 0) is 20.3 Å². The molecule has 1 aromatic heterocycles. The van der Waals surface area contributed by atoms with Crippen molar-refractivity contribution in [2.45, 2.75) is 46.2 Å². The highest BCUT2D eigenvalue weighted by atomic mass is 16.6. The largest absolute Gasteiger partial charge is 0.354 e. The number of hydrogen-bond donors (Lipinski definition) is 1. The number of aromatic nitrogens is 2. The summed E-state index contributed by atoms with van der Waals surface area (Å²) in [6.07, 6.45) is 2.35. The molecule has 1 unspecified atom stereocenters. The van der Waals surface area contributed by atoms with Crippen LogP contribution in [0.3, 0.4) is 0 Å². The fourth-order valence-electron chi connectivity index (χ4n) is 1.50. The zero-order valence-electron chi connectivity index (χ0n) is 10.8. The summed E-state index contributed by atoms with van der Waals surface area (Å²) in [5, 5.41) is 17.4. The normalized spacial score (nSPS) is 12.2. The Bertz CT molecular complexity index is 441. The van der Waals surface area contributed by atoms with E-state index in [1.807, 2.05) is 13.8 Å². The molecule has 1 N–H and O–H groups in total. The van der Waals surface area contributed by atoms with Gasteiger partial charge in [0.15, 0.2) is 0 Å². The lowest BCUT2D eigenvalue weighted by atomic mass is 10.2. The molecule has 7 heteroatoms. The highest BCUT2D eigenvalue weighted by Gasteiger charge is 2.16. The van der Waals surface area contributed by atoms with Crippen LogP contribution < -0.4 is 5.32 Å². The minimum atomic E-state index is -0.474. The van der Waals surface area contributed by atoms with Crippen LogP contribution in [0.4, 0.5) is 5.69 Å². The molecule has 0 aliphatic heterocycles. The van der Waals surface area contributed by atoms with Crippen LogP contribution in [0.15, 0.2) is 6.20 Å². The number of carbonyl (C=O) groups excluding carboxylic acids is 1. The standard InChI is InChI=1S/C11H18N4O3/c1-4-8(2)13-11(16)5-6-14-9(3)10(7-12-14)15(17)18/h7-8H,4-6H2,1-3H3,(H,13,16). The average molecular weight is 254 g/mol. The van der Waals surface area contributed by atoms with Gasteiger partial charge in [-0.1, -0.05) is 6.92 Å². The van der Waals surface area contributed by atoms with Crippen molar-refractivity contribution >= 4 is 11.6 Å².